The summed E-state index contributed by atoms with van der Waals surface area (Å²) >= 11 is 0. The second kappa shape index (κ2) is 7.46. The quantitative estimate of drug-likeness (QED) is 0.734. The fourth-order valence-electron chi connectivity index (χ4n) is 2.40. The van der Waals surface area contributed by atoms with Crippen molar-refractivity contribution in [2.75, 3.05) is 11.6 Å². The van der Waals surface area contributed by atoms with Crippen LogP contribution in [0.5, 0.6) is 11.5 Å². The lowest BCUT2D eigenvalue weighted by Crippen LogP contribution is -2.32. The van der Waals surface area contributed by atoms with Gasteiger partial charge in [0.2, 0.25) is 0 Å². The van der Waals surface area contributed by atoms with E-state index in [1.807, 2.05) is 48.5 Å². The monoisotopic (exact) mass is 324 g/mol. The summed E-state index contributed by atoms with van der Waals surface area (Å²) in [5, 5.41) is 0. The number of carbonyl (C=O) groups is 1. The van der Waals surface area contributed by atoms with Gasteiger partial charge in [-0.05, 0) is 36.4 Å². The summed E-state index contributed by atoms with van der Waals surface area (Å²) in [4.78, 5) is 16.5. The number of nitrogens with one attached hydrogen (secondary N) is 1. The van der Waals surface area contributed by atoms with Crippen LogP contribution in [0.25, 0.3) is 0 Å². The van der Waals surface area contributed by atoms with Gasteiger partial charge in [0.05, 0.1) is 12.2 Å². The Bertz CT molecular complexity index is 788. The van der Waals surface area contributed by atoms with Crippen LogP contribution in [0.3, 0.4) is 0 Å². The molecule has 0 aliphatic rings. The number of nitrogens with zero attached hydrogens (tertiary/aromatic N) is 1. The summed E-state index contributed by atoms with van der Waals surface area (Å²) < 4.78 is 18.9. The zero-order valence-corrected chi connectivity index (χ0v) is 13.0. The number of aromatic amines is 1. The molecule has 0 aliphatic heterocycles. The van der Waals surface area contributed by atoms with Crippen molar-refractivity contribution in [2.24, 2.45) is 0 Å². The number of amides is 1. The highest BCUT2D eigenvalue weighted by Gasteiger charge is 2.20. The van der Waals surface area contributed by atoms with E-state index < -0.39 is 12.6 Å². The summed E-state index contributed by atoms with van der Waals surface area (Å²) in [6.07, 6.45) is 1.76. The van der Waals surface area contributed by atoms with Gasteiger partial charge < -0.3 is 14.6 Å². The van der Waals surface area contributed by atoms with Gasteiger partial charge in [0.25, 0.3) is 5.91 Å². The predicted octanol–water partition coefficient (Wildman–Crippen LogP) is 4.31. The van der Waals surface area contributed by atoms with Crippen LogP contribution >= 0.6 is 0 Å². The van der Waals surface area contributed by atoms with Crippen molar-refractivity contribution in [2.45, 2.75) is 6.54 Å². The molecule has 0 atom stereocenters. The molecule has 3 aromatic rings. The lowest BCUT2D eigenvalue weighted by molar-refractivity contribution is -0.119. The molecule has 1 N–H and O–H groups in total. The zero-order valence-electron chi connectivity index (χ0n) is 13.0. The molecule has 1 aromatic heterocycles. The molecule has 24 heavy (non-hydrogen) atoms. The van der Waals surface area contributed by atoms with E-state index in [1.54, 1.807) is 24.4 Å². The largest absolute Gasteiger partial charge is 0.455 e. The number of hydrogen-bond acceptors (Lipinski definition) is 2. The van der Waals surface area contributed by atoms with Gasteiger partial charge in [-0.1, -0.05) is 30.3 Å². The van der Waals surface area contributed by atoms with E-state index >= 15 is 0 Å². The molecule has 1 amide bonds. The van der Waals surface area contributed by atoms with Crippen LogP contribution < -0.4 is 9.64 Å². The van der Waals surface area contributed by atoms with E-state index in [9.17, 15) is 9.18 Å². The number of alkyl halides is 1. The van der Waals surface area contributed by atoms with Gasteiger partial charge in [-0.3, -0.25) is 4.79 Å². The van der Waals surface area contributed by atoms with E-state index in [-0.39, 0.29) is 6.54 Å². The van der Waals surface area contributed by atoms with Gasteiger partial charge in [-0.25, -0.2) is 4.39 Å². The Morgan fingerprint density at radius 2 is 1.75 bits per heavy atom. The third-order valence-electron chi connectivity index (χ3n) is 3.53. The molecule has 2 aromatic carbocycles. The molecular weight excluding hydrogens is 307 g/mol. The minimum atomic E-state index is -1.07. The average molecular weight is 324 g/mol. The van der Waals surface area contributed by atoms with Crippen LogP contribution in [0, 0.1) is 0 Å². The molecule has 0 saturated heterocycles. The minimum Gasteiger partial charge on any atom is -0.455 e. The Hall–Kier alpha value is -3.08. The van der Waals surface area contributed by atoms with E-state index in [1.165, 1.54) is 4.90 Å². The molecular formula is C19H17FN2O2. The number of carbonyl (C=O) groups excluding carboxylic acids is 1. The molecule has 0 unspecified atom stereocenters. The summed E-state index contributed by atoms with van der Waals surface area (Å²) in [6, 6.07) is 20.1. The predicted molar refractivity (Wildman–Crippen MR) is 90.9 cm³/mol. The summed E-state index contributed by atoms with van der Waals surface area (Å²) in [7, 11) is 0. The first kappa shape index (κ1) is 15.8. The number of rotatable bonds is 6. The smallest absolute Gasteiger partial charge is 0.258 e. The molecule has 3 rings (SSSR count). The summed E-state index contributed by atoms with van der Waals surface area (Å²) in [5.74, 6) is 0.531. The van der Waals surface area contributed by atoms with Crippen LogP contribution in [0.15, 0.2) is 72.9 Å². The molecule has 0 saturated carbocycles. The number of H-pyrrole nitrogens is 1. The third-order valence-corrected chi connectivity index (χ3v) is 3.53. The summed E-state index contributed by atoms with van der Waals surface area (Å²) in [5.41, 5.74) is 1.34. The number of benzene rings is 2. The average Bonchev–Trinajstić information content (AvgIpc) is 3.14. The number of ether oxygens (including phenoxy) is 1. The van der Waals surface area contributed by atoms with Gasteiger partial charge in [0.1, 0.15) is 5.75 Å². The first-order chi connectivity index (χ1) is 11.8. The van der Waals surface area contributed by atoms with Crippen molar-refractivity contribution in [1.29, 1.82) is 0 Å². The fourth-order valence-corrected chi connectivity index (χ4v) is 2.40. The Labute approximate surface area is 139 Å². The highest BCUT2D eigenvalue weighted by Crippen LogP contribution is 2.33. The van der Waals surface area contributed by atoms with Crippen LogP contribution in [0.2, 0.25) is 0 Å². The van der Waals surface area contributed by atoms with Crippen molar-refractivity contribution in [3.8, 4) is 11.5 Å². The van der Waals surface area contributed by atoms with Crippen molar-refractivity contribution < 1.29 is 13.9 Å². The molecule has 0 spiro atoms. The first-order valence-electron chi connectivity index (χ1n) is 7.58. The summed E-state index contributed by atoms with van der Waals surface area (Å²) in [6.45, 7) is -0.828. The van der Waals surface area contributed by atoms with Gasteiger partial charge in [0, 0.05) is 11.9 Å². The fraction of sp³-hybridized carbons (Fsp3) is 0.105. The van der Waals surface area contributed by atoms with Gasteiger partial charge in [-0.15, -0.1) is 0 Å². The highest BCUT2D eigenvalue weighted by molar-refractivity contribution is 5.95. The van der Waals surface area contributed by atoms with E-state index in [4.69, 9.17) is 4.74 Å². The SMILES string of the molecule is O=C(CF)N(Cc1ccc[nH]1)c1ccccc1Oc1ccccc1. The number of aromatic nitrogens is 1. The van der Waals surface area contributed by atoms with Gasteiger partial charge >= 0.3 is 0 Å². The minimum absolute atomic E-state index is 0.241. The molecule has 0 radical (unpaired) electrons. The third kappa shape index (κ3) is 3.63. The maximum absolute atomic E-state index is 13.1. The maximum atomic E-state index is 13.1. The van der Waals surface area contributed by atoms with E-state index in [2.05, 4.69) is 4.98 Å². The van der Waals surface area contributed by atoms with Crippen LogP contribution in [0.1, 0.15) is 5.69 Å². The van der Waals surface area contributed by atoms with Crippen LogP contribution in [0.4, 0.5) is 10.1 Å². The van der Waals surface area contributed by atoms with E-state index in [0.717, 1.165) is 5.69 Å². The molecule has 0 fully saturated rings. The number of anilines is 1. The lowest BCUT2D eigenvalue weighted by Gasteiger charge is -2.23. The molecule has 0 bridgehead atoms. The Kier molecular flexibility index (Phi) is 4.91. The first-order valence-corrected chi connectivity index (χ1v) is 7.58. The highest BCUT2D eigenvalue weighted by atomic mass is 19.1. The zero-order chi connectivity index (χ0) is 16.8. The lowest BCUT2D eigenvalue weighted by atomic mass is 10.2. The second-order valence-corrected chi connectivity index (χ2v) is 5.19. The van der Waals surface area contributed by atoms with E-state index in [0.29, 0.717) is 17.2 Å². The number of para-hydroxylation sites is 3. The van der Waals surface area contributed by atoms with Crippen molar-refractivity contribution in [3.05, 3.63) is 78.6 Å². The molecule has 5 heteroatoms. The topological polar surface area (TPSA) is 45.3 Å². The Morgan fingerprint density at radius 3 is 2.46 bits per heavy atom. The molecule has 1 heterocycles. The molecule has 4 nitrogen and oxygen atoms in total. The molecule has 0 aliphatic carbocycles. The second-order valence-electron chi connectivity index (χ2n) is 5.19. The Morgan fingerprint density at radius 1 is 1.00 bits per heavy atom. The van der Waals surface area contributed by atoms with Crippen LogP contribution in [-0.2, 0) is 11.3 Å². The van der Waals surface area contributed by atoms with Crippen molar-refractivity contribution in [1.82, 2.24) is 4.98 Å². The van der Waals surface area contributed by atoms with Crippen molar-refractivity contribution in [3.63, 3.8) is 0 Å². The van der Waals surface area contributed by atoms with Gasteiger partial charge in [-0.2, -0.15) is 0 Å². The standard InChI is InChI=1S/C19H17FN2O2/c20-13-19(23)22(14-15-7-6-12-21-15)17-10-4-5-11-18(17)24-16-8-2-1-3-9-16/h1-12,21H,13-14H2. The molecule has 122 valence electrons. The van der Waals surface area contributed by atoms with Gasteiger partial charge in [0.15, 0.2) is 12.4 Å². The van der Waals surface area contributed by atoms with Crippen LogP contribution in [-0.4, -0.2) is 17.6 Å². The Balaban J connectivity index is 1.93. The number of halogens is 1. The maximum Gasteiger partial charge on any atom is 0.258 e. The number of hydrogen-bond donors (Lipinski definition) is 1. The van der Waals surface area contributed by atoms with Crippen molar-refractivity contribution >= 4 is 11.6 Å². The normalized spacial score (nSPS) is 10.4.